The fourth-order valence-corrected chi connectivity index (χ4v) is 3.51. The van der Waals surface area contributed by atoms with Crippen molar-refractivity contribution >= 4 is 11.8 Å². The van der Waals surface area contributed by atoms with E-state index in [1.807, 2.05) is 0 Å². The fourth-order valence-electron chi connectivity index (χ4n) is 3.51. The fraction of sp³-hybridized carbons (Fsp3) is 0.882. The molecule has 0 radical (unpaired) electrons. The molecule has 0 aromatic heterocycles. The number of ether oxygens (including phenoxy) is 2. The van der Waals surface area contributed by atoms with E-state index in [9.17, 15) is 24.9 Å². The number of aliphatic hydroxyl groups is 3. The Hall–Kier alpha value is -1.02. The van der Waals surface area contributed by atoms with Crippen LogP contribution in [0.2, 0.25) is 0 Å². The van der Waals surface area contributed by atoms with Crippen LogP contribution in [-0.2, 0) is 19.1 Å². The summed E-state index contributed by atoms with van der Waals surface area (Å²) in [7, 11) is 0. The van der Waals surface area contributed by atoms with E-state index in [1.54, 1.807) is 0 Å². The molecule has 24 heavy (non-hydrogen) atoms. The van der Waals surface area contributed by atoms with Crippen LogP contribution in [0, 0.1) is 17.8 Å². The summed E-state index contributed by atoms with van der Waals surface area (Å²) in [5, 5.41) is 29.5. The zero-order chi connectivity index (χ0) is 18.0. The molecule has 7 heteroatoms. The van der Waals surface area contributed by atoms with Crippen LogP contribution in [0.25, 0.3) is 0 Å². The minimum Gasteiger partial charge on any atom is -0.432 e. The summed E-state index contributed by atoms with van der Waals surface area (Å²) in [6, 6.07) is 0. The number of rotatable bonds is 4. The molecule has 2 aliphatic rings. The first-order chi connectivity index (χ1) is 11.2. The lowest BCUT2D eigenvalue weighted by molar-refractivity contribution is -0.283. The van der Waals surface area contributed by atoms with E-state index in [1.165, 1.54) is 6.92 Å². The molecule has 1 aliphatic carbocycles. The highest BCUT2D eigenvalue weighted by Gasteiger charge is 2.47. The third-order valence-electron chi connectivity index (χ3n) is 5.25. The second-order valence-corrected chi connectivity index (χ2v) is 7.30. The molecule has 0 aromatic rings. The standard InChI is InChI=1S/C17H28O7/c1-8(2)10-4-6-11(7-5-10)16(22)24-17-14(21)12(19)13(20)15(23-17)9(3)18/h8,10-15,17,19-21H,4-7H2,1-3H3/t10?,11?,12-,13-,14+,15+,17?/m0/s1. The summed E-state index contributed by atoms with van der Waals surface area (Å²) in [5.41, 5.74) is 0. The van der Waals surface area contributed by atoms with Gasteiger partial charge in [0.2, 0.25) is 6.29 Å². The highest BCUT2D eigenvalue weighted by molar-refractivity contribution is 5.81. The Kier molecular flexibility index (Phi) is 6.36. The minimum atomic E-state index is -1.61. The monoisotopic (exact) mass is 344 g/mol. The molecular formula is C17H28O7. The third kappa shape index (κ3) is 4.14. The molecule has 0 spiro atoms. The van der Waals surface area contributed by atoms with Crippen molar-refractivity contribution in [3.8, 4) is 0 Å². The van der Waals surface area contributed by atoms with E-state index < -0.39 is 42.5 Å². The minimum absolute atomic E-state index is 0.268. The van der Waals surface area contributed by atoms with Crippen LogP contribution in [0.4, 0.5) is 0 Å². The Balaban J connectivity index is 1.94. The van der Waals surface area contributed by atoms with Crippen molar-refractivity contribution in [3.63, 3.8) is 0 Å². The topological polar surface area (TPSA) is 113 Å². The van der Waals surface area contributed by atoms with Crippen LogP contribution in [0.1, 0.15) is 46.5 Å². The van der Waals surface area contributed by atoms with Crippen molar-refractivity contribution in [2.45, 2.75) is 77.2 Å². The highest BCUT2D eigenvalue weighted by Crippen LogP contribution is 2.34. The Morgan fingerprint density at radius 2 is 1.58 bits per heavy atom. The lowest BCUT2D eigenvalue weighted by Crippen LogP contribution is -2.60. The van der Waals surface area contributed by atoms with Gasteiger partial charge in [0.15, 0.2) is 5.78 Å². The Morgan fingerprint density at radius 1 is 1.00 bits per heavy atom. The molecule has 138 valence electrons. The zero-order valence-corrected chi connectivity index (χ0v) is 14.4. The second-order valence-electron chi connectivity index (χ2n) is 7.30. The predicted molar refractivity (Wildman–Crippen MR) is 83.7 cm³/mol. The molecule has 0 bridgehead atoms. The molecule has 0 aromatic carbocycles. The summed E-state index contributed by atoms with van der Waals surface area (Å²) in [5.74, 6) is -0.0854. The van der Waals surface area contributed by atoms with Gasteiger partial charge in [0.1, 0.15) is 24.4 Å². The Bertz CT molecular complexity index is 456. The van der Waals surface area contributed by atoms with Gasteiger partial charge in [-0.3, -0.25) is 9.59 Å². The number of hydrogen-bond acceptors (Lipinski definition) is 7. The molecule has 3 N–H and O–H groups in total. The number of hydrogen-bond donors (Lipinski definition) is 3. The number of carbonyl (C=O) groups excluding carboxylic acids is 2. The van der Waals surface area contributed by atoms with Gasteiger partial charge in [0.05, 0.1) is 5.92 Å². The molecule has 2 fully saturated rings. The molecule has 1 aliphatic heterocycles. The van der Waals surface area contributed by atoms with Crippen LogP contribution < -0.4 is 0 Å². The maximum absolute atomic E-state index is 12.3. The quantitative estimate of drug-likeness (QED) is 0.632. The third-order valence-corrected chi connectivity index (χ3v) is 5.25. The molecule has 2 rings (SSSR count). The molecule has 0 amide bonds. The Labute approximate surface area is 141 Å². The van der Waals surface area contributed by atoms with Crippen molar-refractivity contribution < 1.29 is 34.4 Å². The zero-order valence-electron chi connectivity index (χ0n) is 14.4. The van der Waals surface area contributed by atoms with Crippen molar-refractivity contribution in [2.24, 2.45) is 17.8 Å². The van der Waals surface area contributed by atoms with E-state index in [0.29, 0.717) is 24.7 Å². The van der Waals surface area contributed by atoms with Crippen molar-refractivity contribution in [1.29, 1.82) is 0 Å². The summed E-state index contributed by atoms with van der Waals surface area (Å²) in [4.78, 5) is 23.8. The van der Waals surface area contributed by atoms with Crippen molar-refractivity contribution in [3.05, 3.63) is 0 Å². The van der Waals surface area contributed by atoms with Crippen LogP contribution in [0.5, 0.6) is 0 Å². The molecule has 1 unspecified atom stereocenters. The van der Waals surface area contributed by atoms with E-state index in [0.717, 1.165) is 12.8 Å². The van der Waals surface area contributed by atoms with Gasteiger partial charge >= 0.3 is 5.97 Å². The number of aliphatic hydroxyl groups excluding tert-OH is 3. The first-order valence-electron chi connectivity index (χ1n) is 8.63. The number of Topliss-reactive ketones (excluding diaryl/α,β-unsaturated/α-hetero) is 1. The summed E-state index contributed by atoms with van der Waals surface area (Å²) >= 11 is 0. The first kappa shape index (κ1) is 19.3. The lowest BCUT2D eigenvalue weighted by atomic mass is 9.77. The van der Waals surface area contributed by atoms with Gasteiger partial charge < -0.3 is 24.8 Å². The van der Waals surface area contributed by atoms with Gasteiger partial charge in [-0.25, -0.2) is 0 Å². The summed E-state index contributed by atoms with van der Waals surface area (Å²) in [6.45, 7) is 5.54. The molecular weight excluding hydrogens is 316 g/mol. The molecule has 1 saturated carbocycles. The molecule has 5 atom stereocenters. The second kappa shape index (κ2) is 7.91. The van der Waals surface area contributed by atoms with Crippen LogP contribution in [-0.4, -0.2) is 57.8 Å². The van der Waals surface area contributed by atoms with Gasteiger partial charge in [-0.1, -0.05) is 13.8 Å². The Morgan fingerprint density at radius 3 is 2.08 bits per heavy atom. The maximum atomic E-state index is 12.3. The summed E-state index contributed by atoms with van der Waals surface area (Å²) < 4.78 is 10.4. The average molecular weight is 344 g/mol. The van der Waals surface area contributed by atoms with E-state index in [2.05, 4.69) is 13.8 Å². The van der Waals surface area contributed by atoms with Gasteiger partial charge in [-0.2, -0.15) is 0 Å². The van der Waals surface area contributed by atoms with E-state index in [-0.39, 0.29) is 5.92 Å². The predicted octanol–water partition coefficient (Wildman–Crippen LogP) is 0.389. The van der Waals surface area contributed by atoms with Crippen molar-refractivity contribution in [2.75, 3.05) is 0 Å². The van der Waals surface area contributed by atoms with Crippen molar-refractivity contribution in [1.82, 2.24) is 0 Å². The van der Waals surface area contributed by atoms with Crippen LogP contribution >= 0.6 is 0 Å². The molecule has 7 nitrogen and oxygen atoms in total. The molecule has 1 heterocycles. The number of ketones is 1. The van der Waals surface area contributed by atoms with Crippen LogP contribution in [0.15, 0.2) is 0 Å². The number of carbonyl (C=O) groups is 2. The van der Waals surface area contributed by atoms with E-state index >= 15 is 0 Å². The number of esters is 1. The summed E-state index contributed by atoms with van der Waals surface area (Å²) in [6.07, 6.45) is -4.20. The molecule has 1 saturated heterocycles. The average Bonchev–Trinajstić information content (AvgIpc) is 2.55. The van der Waals surface area contributed by atoms with Gasteiger partial charge in [0, 0.05) is 0 Å². The van der Waals surface area contributed by atoms with Gasteiger partial charge in [-0.15, -0.1) is 0 Å². The first-order valence-corrected chi connectivity index (χ1v) is 8.63. The van der Waals surface area contributed by atoms with Gasteiger partial charge in [0.25, 0.3) is 0 Å². The smallest absolute Gasteiger partial charge is 0.311 e. The van der Waals surface area contributed by atoms with Gasteiger partial charge in [-0.05, 0) is 44.4 Å². The lowest BCUT2D eigenvalue weighted by Gasteiger charge is -2.39. The normalized spacial score (nSPS) is 40.4. The SMILES string of the molecule is CC(=O)[C@H]1OC(OC(=O)C2CCC(C(C)C)CC2)[C@H](O)[C@@H](O)[C@@H]1O. The van der Waals surface area contributed by atoms with Crippen LogP contribution in [0.3, 0.4) is 0 Å². The highest BCUT2D eigenvalue weighted by atomic mass is 16.7. The maximum Gasteiger partial charge on any atom is 0.311 e. The largest absolute Gasteiger partial charge is 0.432 e. The van der Waals surface area contributed by atoms with E-state index in [4.69, 9.17) is 9.47 Å².